The number of anilines is 1. The van der Waals surface area contributed by atoms with Gasteiger partial charge in [-0.05, 0) is 42.1 Å². The van der Waals surface area contributed by atoms with Crippen LogP contribution < -0.4 is 10.6 Å². The first-order valence-corrected chi connectivity index (χ1v) is 9.46. The van der Waals surface area contributed by atoms with E-state index in [0.717, 1.165) is 38.3 Å². The Morgan fingerprint density at radius 2 is 1.77 bits per heavy atom. The molecule has 3 rings (SSSR count). The van der Waals surface area contributed by atoms with Gasteiger partial charge in [-0.15, -0.1) is 0 Å². The highest BCUT2D eigenvalue weighted by molar-refractivity contribution is 5.88. The second-order valence-electron chi connectivity index (χ2n) is 7.35. The number of hydrogen-bond acceptors (Lipinski definition) is 3. The maximum atomic E-state index is 11.1. The Morgan fingerprint density at radius 3 is 2.46 bits per heavy atom. The zero-order valence-electron chi connectivity index (χ0n) is 15.7. The first-order valence-electron chi connectivity index (χ1n) is 9.46. The average molecular weight is 351 g/mol. The number of benzene rings is 2. The number of hydrogen-bond donors (Lipinski definition) is 2. The lowest BCUT2D eigenvalue weighted by Crippen LogP contribution is -2.36. The molecule has 0 unspecified atom stereocenters. The van der Waals surface area contributed by atoms with Crippen molar-refractivity contribution in [2.24, 2.45) is 5.92 Å². The molecule has 0 radical (unpaired) electrons. The van der Waals surface area contributed by atoms with Gasteiger partial charge in [-0.3, -0.25) is 9.69 Å². The van der Waals surface area contributed by atoms with E-state index >= 15 is 0 Å². The summed E-state index contributed by atoms with van der Waals surface area (Å²) in [7, 11) is 0. The standard InChI is InChI=1S/C22H29N3O/c1-17-14-25(15-20-6-4-3-5-7-20)16-22(17)23-13-12-19-8-10-21(11-9-19)24-18(2)26/h3-11,17,22-23H,12-16H2,1-2H3,(H,24,26)/t17-,22-/m0/s1. The van der Waals surface area contributed by atoms with Crippen LogP contribution in [0.25, 0.3) is 0 Å². The lowest BCUT2D eigenvalue weighted by molar-refractivity contribution is -0.114. The summed E-state index contributed by atoms with van der Waals surface area (Å²) in [6.45, 7) is 8.14. The van der Waals surface area contributed by atoms with Gasteiger partial charge in [0.25, 0.3) is 0 Å². The smallest absolute Gasteiger partial charge is 0.221 e. The SMILES string of the molecule is CC(=O)Nc1ccc(CCN[C@H]2CN(Cc3ccccc3)C[C@@H]2C)cc1. The van der Waals surface area contributed by atoms with Crippen LogP contribution in [0, 0.1) is 5.92 Å². The predicted molar refractivity (Wildman–Crippen MR) is 107 cm³/mol. The van der Waals surface area contributed by atoms with Crippen molar-refractivity contribution in [3.05, 3.63) is 65.7 Å². The van der Waals surface area contributed by atoms with Crippen LogP contribution in [0.3, 0.4) is 0 Å². The quantitative estimate of drug-likeness (QED) is 0.804. The molecule has 4 heteroatoms. The summed E-state index contributed by atoms with van der Waals surface area (Å²) in [4.78, 5) is 13.6. The van der Waals surface area contributed by atoms with E-state index in [1.54, 1.807) is 0 Å². The Hall–Kier alpha value is -2.17. The summed E-state index contributed by atoms with van der Waals surface area (Å²) < 4.78 is 0. The van der Waals surface area contributed by atoms with Crippen LogP contribution in [-0.4, -0.2) is 36.5 Å². The van der Waals surface area contributed by atoms with Crippen molar-refractivity contribution in [1.82, 2.24) is 10.2 Å². The Labute approximate surface area is 156 Å². The molecule has 1 fully saturated rings. The van der Waals surface area contributed by atoms with E-state index in [1.165, 1.54) is 18.1 Å². The largest absolute Gasteiger partial charge is 0.326 e. The van der Waals surface area contributed by atoms with Crippen LogP contribution in [0.4, 0.5) is 5.69 Å². The maximum Gasteiger partial charge on any atom is 0.221 e. The van der Waals surface area contributed by atoms with Gasteiger partial charge < -0.3 is 10.6 Å². The molecule has 2 N–H and O–H groups in total. The third-order valence-corrected chi connectivity index (χ3v) is 5.03. The highest BCUT2D eigenvalue weighted by Gasteiger charge is 2.28. The van der Waals surface area contributed by atoms with Gasteiger partial charge in [-0.1, -0.05) is 49.4 Å². The predicted octanol–water partition coefficient (Wildman–Crippen LogP) is 3.30. The van der Waals surface area contributed by atoms with Crippen molar-refractivity contribution in [3.8, 4) is 0 Å². The van der Waals surface area contributed by atoms with Crippen molar-refractivity contribution < 1.29 is 4.79 Å². The molecule has 4 nitrogen and oxygen atoms in total. The van der Waals surface area contributed by atoms with Gasteiger partial charge in [-0.25, -0.2) is 0 Å². The molecule has 0 saturated carbocycles. The normalized spacial score (nSPS) is 20.2. The van der Waals surface area contributed by atoms with E-state index in [0.29, 0.717) is 12.0 Å². The fraction of sp³-hybridized carbons (Fsp3) is 0.409. The molecule has 138 valence electrons. The van der Waals surface area contributed by atoms with Gasteiger partial charge in [-0.2, -0.15) is 0 Å². The zero-order valence-corrected chi connectivity index (χ0v) is 15.7. The van der Waals surface area contributed by atoms with Gasteiger partial charge in [0.15, 0.2) is 0 Å². The monoisotopic (exact) mass is 351 g/mol. The molecule has 0 bridgehead atoms. The highest BCUT2D eigenvalue weighted by atomic mass is 16.1. The van der Waals surface area contributed by atoms with E-state index in [1.807, 2.05) is 12.1 Å². The van der Waals surface area contributed by atoms with E-state index in [2.05, 4.69) is 64.9 Å². The van der Waals surface area contributed by atoms with Gasteiger partial charge in [0.2, 0.25) is 5.91 Å². The second-order valence-corrected chi connectivity index (χ2v) is 7.35. The van der Waals surface area contributed by atoms with E-state index < -0.39 is 0 Å². The number of nitrogens with one attached hydrogen (secondary N) is 2. The molecule has 1 saturated heterocycles. The van der Waals surface area contributed by atoms with Crippen molar-refractivity contribution in [3.63, 3.8) is 0 Å². The van der Waals surface area contributed by atoms with Gasteiger partial charge in [0.1, 0.15) is 0 Å². The minimum Gasteiger partial charge on any atom is -0.326 e. The van der Waals surface area contributed by atoms with Crippen molar-refractivity contribution in [2.75, 3.05) is 25.0 Å². The first-order chi connectivity index (χ1) is 12.6. The Morgan fingerprint density at radius 1 is 1.04 bits per heavy atom. The summed E-state index contributed by atoms with van der Waals surface area (Å²) >= 11 is 0. The highest BCUT2D eigenvalue weighted by Crippen LogP contribution is 2.19. The van der Waals surface area contributed by atoms with E-state index in [-0.39, 0.29) is 5.91 Å². The summed E-state index contributed by atoms with van der Waals surface area (Å²) in [6, 6.07) is 19.4. The van der Waals surface area contributed by atoms with Crippen molar-refractivity contribution >= 4 is 11.6 Å². The molecular weight excluding hydrogens is 322 g/mol. The van der Waals surface area contributed by atoms with Crippen LogP contribution in [0.2, 0.25) is 0 Å². The van der Waals surface area contributed by atoms with Gasteiger partial charge in [0.05, 0.1) is 0 Å². The number of rotatable bonds is 7. The average Bonchev–Trinajstić information content (AvgIpc) is 2.96. The minimum absolute atomic E-state index is 0.0327. The Balaban J connectivity index is 1.42. The topological polar surface area (TPSA) is 44.4 Å². The van der Waals surface area contributed by atoms with Crippen LogP contribution >= 0.6 is 0 Å². The number of amides is 1. The summed E-state index contributed by atoms with van der Waals surface area (Å²) in [5.41, 5.74) is 3.54. The van der Waals surface area contributed by atoms with Crippen LogP contribution in [0.5, 0.6) is 0 Å². The Kier molecular flexibility index (Phi) is 6.42. The molecular formula is C22H29N3O. The Bertz CT molecular complexity index is 699. The molecule has 2 atom stereocenters. The lowest BCUT2D eigenvalue weighted by atomic mass is 10.1. The molecule has 0 spiro atoms. The van der Waals surface area contributed by atoms with Crippen molar-refractivity contribution in [1.29, 1.82) is 0 Å². The molecule has 1 heterocycles. The number of carbonyl (C=O) groups excluding carboxylic acids is 1. The van der Waals surface area contributed by atoms with E-state index in [9.17, 15) is 4.79 Å². The van der Waals surface area contributed by atoms with Gasteiger partial charge in [0, 0.05) is 38.3 Å². The van der Waals surface area contributed by atoms with Crippen LogP contribution in [0.15, 0.2) is 54.6 Å². The molecule has 1 aliphatic rings. The first kappa shape index (κ1) is 18.6. The van der Waals surface area contributed by atoms with E-state index in [4.69, 9.17) is 0 Å². The summed E-state index contributed by atoms with van der Waals surface area (Å²) in [6.07, 6.45) is 1.00. The number of carbonyl (C=O) groups is 1. The molecule has 1 aliphatic heterocycles. The van der Waals surface area contributed by atoms with Crippen LogP contribution in [0.1, 0.15) is 25.0 Å². The molecule has 1 amide bonds. The second kappa shape index (κ2) is 8.97. The van der Waals surface area contributed by atoms with Crippen LogP contribution in [-0.2, 0) is 17.8 Å². The third kappa shape index (κ3) is 5.41. The maximum absolute atomic E-state index is 11.1. The molecule has 2 aromatic rings. The molecule has 0 aromatic heterocycles. The fourth-order valence-electron chi connectivity index (χ4n) is 3.66. The molecule has 2 aromatic carbocycles. The lowest BCUT2D eigenvalue weighted by Gasteiger charge is -2.17. The minimum atomic E-state index is -0.0327. The number of nitrogens with zero attached hydrogens (tertiary/aromatic N) is 1. The van der Waals surface area contributed by atoms with Crippen molar-refractivity contribution in [2.45, 2.75) is 32.9 Å². The third-order valence-electron chi connectivity index (χ3n) is 5.03. The summed E-state index contributed by atoms with van der Waals surface area (Å²) in [5, 5.41) is 6.53. The molecule has 0 aliphatic carbocycles. The fourth-order valence-corrected chi connectivity index (χ4v) is 3.66. The zero-order chi connectivity index (χ0) is 18.4. The molecule has 26 heavy (non-hydrogen) atoms. The summed E-state index contributed by atoms with van der Waals surface area (Å²) in [5.74, 6) is 0.635. The van der Waals surface area contributed by atoms with Gasteiger partial charge >= 0.3 is 0 Å². The number of likely N-dealkylation sites (tertiary alicyclic amines) is 1.